The fourth-order valence-corrected chi connectivity index (χ4v) is 5.33. The van der Waals surface area contributed by atoms with Crippen molar-refractivity contribution < 1.29 is 9.90 Å². The van der Waals surface area contributed by atoms with E-state index in [9.17, 15) is 9.90 Å². The van der Waals surface area contributed by atoms with Gasteiger partial charge in [0.15, 0.2) is 0 Å². The highest BCUT2D eigenvalue weighted by atomic mass is 16.4. The van der Waals surface area contributed by atoms with E-state index in [4.69, 9.17) is 0 Å². The first kappa shape index (κ1) is 33.5. The Morgan fingerprint density at radius 1 is 0.559 bits per heavy atom. The van der Waals surface area contributed by atoms with Crippen LogP contribution in [0.1, 0.15) is 188 Å². The molecular formula is C32H64O2. The number of aliphatic carboxylic acids is 1. The first-order valence-electron chi connectivity index (χ1n) is 15.7. The largest absolute Gasteiger partial charge is 0.481 e. The molecule has 0 aliphatic carbocycles. The summed E-state index contributed by atoms with van der Waals surface area (Å²) >= 11 is 0. The van der Waals surface area contributed by atoms with Gasteiger partial charge in [0, 0.05) is 0 Å². The zero-order chi connectivity index (χ0) is 25.3. The lowest BCUT2D eigenvalue weighted by molar-refractivity contribution is -0.151. The number of rotatable bonds is 27. The van der Waals surface area contributed by atoms with Crippen molar-refractivity contribution in [1.82, 2.24) is 0 Å². The third kappa shape index (κ3) is 18.8. The number of carboxylic acid groups (broad SMARTS) is 1. The van der Waals surface area contributed by atoms with Crippen molar-refractivity contribution in [3.05, 3.63) is 0 Å². The Morgan fingerprint density at radius 2 is 0.853 bits per heavy atom. The molecule has 0 rings (SSSR count). The first-order chi connectivity index (χ1) is 16.5. The monoisotopic (exact) mass is 480 g/mol. The minimum absolute atomic E-state index is 0.274. The second-order valence-corrected chi connectivity index (χ2v) is 11.6. The Labute approximate surface area is 215 Å². The third-order valence-electron chi connectivity index (χ3n) is 8.37. The lowest BCUT2D eigenvalue weighted by Crippen LogP contribution is -2.34. The van der Waals surface area contributed by atoms with Crippen LogP contribution in [0.3, 0.4) is 0 Å². The molecule has 0 saturated carbocycles. The maximum absolute atomic E-state index is 12.1. The van der Waals surface area contributed by atoms with Crippen molar-refractivity contribution in [2.24, 2.45) is 11.3 Å². The summed E-state index contributed by atoms with van der Waals surface area (Å²) in [6.07, 6.45) is 32.8. The van der Waals surface area contributed by atoms with Gasteiger partial charge in [-0.15, -0.1) is 0 Å². The Bertz CT molecular complexity index is 433. The molecule has 0 aliphatic heterocycles. The molecule has 1 N–H and O–H groups in total. The van der Waals surface area contributed by atoms with Crippen LogP contribution in [-0.4, -0.2) is 11.1 Å². The number of unbranched alkanes of at least 4 members (excludes halogenated alkanes) is 21. The highest BCUT2D eigenvalue weighted by Gasteiger charge is 2.37. The average molecular weight is 481 g/mol. The van der Waals surface area contributed by atoms with Gasteiger partial charge in [0.1, 0.15) is 0 Å². The van der Waals surface area contributed by atoms with E-state index in [1.54, 1.807) is 0 Å². The second kappa shape index (κ2) is 24.2. The normalized spacial score (nSPS) is 14.2. The van der Waals surface area contributed by atoms with E-state index in [2.05, 4.69) is 20.8 Å². The summed E-state index contributed by atoms with van der Waals surface area (Å²) in [5, 5.41) is 9.95. The van der Waals surface area contributed by atoms with Crippen LogP contribution in [0.2, 0.25) is 0 Å². The van der Waals surface area contributed by atoms with Gasteiger partial charge in [-0.1, -0.05) is 168 Å². The average Bonchev–Trinajstić information content (AvgIpc) is 2.82. The number of carbonyl (C=O) groups is 1. The van der Waals surface area contributed by atoms with E-state index in [0.29, 0.717) is 0 Å². The van der Waals surface area contributed by atoms with Crippen LogP contribution in [0.4, 0.5) is 0 Å². The third-order valence-corrected chi connectivity index (χ3v) is 8.37. The fourth-order valence-electron chi connectivity index (χ4n) is 5.33. The summed E-state index contributed by atoms with van der Waals surface area (Å²) in [5.41, 5.74) is -0.544. The summed E-state index contributed by atoms with van der Waals surface area (Å²) in [7, 11) is 0. The Morgan fingerprint density at radius 3 is 1.18 bits per heavy atom. The number of carboxylic acids is 1. The van der Waals surface area contributed by atoms with Gasteiger partial charge in [-0.25, -0.2) is 0 Å². The Balaban J connectivity index is 3.75. The van der Waals surface area contributed by atoms with Gasteiger partial charge < -0.3 is 5.11 Å². The van der Waals surface area contributed by atoms with Crippen molar-refractivity contribution in [2.75, 3.05) is 0 Å². The highest BCUT2D eigenvalue weighted by Crippen LogP contribution is 2.37. The molecule has 2 heteroatoms. The molecule has 0 amide bonds. The van der Waals surface area contributed by atoms with Gasteiger partial charge in [-0.2, -0.15) is 0 Å². The van der Waals surface area contributed by atoms with Gasteiger partial charge in [-0.3, -0.25) is 4.79 Å². The molecular weight excluding hydrogens is 416 g/mol. The predicted octanol–water partition coefficient (Wildman–Crippen LogP) is 11.5. The lowest BCUT2D eigenvalue weighted by Gasteiger charge is -2.32. The van der Waals surface area contributed by atoms with Crippen LogP contribution in [0, 0.1) is 11.3 Å². The molecule has 0 spiro atoms. The van der Waals surface area contributed by atoms with Gasteiger partial charge >= 0.3 is 5.97 Å². The van der Waals surface area contributed by atoms with E-state index in [0.717, 1.165) is 19.3 Å². The van der Waals surface area contributed by atoms with Gasteiger partial charge in [0.2, 0.25) is 0 Å². The fraction of sp³-hybridized carbons (Fsp3) is 0.969. The molecule has 2 nitrogen and oxygen atoms in total. The van der Waals surface area contributed by atoms with Crippen LogP contribution < -0.4 is 0 Å². The van der Waals surface area contributed by atoms with Crippen LogP contribution in [0.5, 0.6) is 0 Å². The molecule has 0 radical (unpaired) electrons. The van der Waals surface area contributed by atoms with Crippen molar-refractivity contribution in [1.29, 1.82) is 0 Å². The molecule has 0 aromatic carbocycles. The molecule has 0 saturated heterocycles. The van der Waals surface area contributed by atoms with Crippen molar-refractivity contribution in [3.63, 3.8) is 0 Å². The van der Waals surface area contributed by atoms with Crippen LogP contribution in [0.25, 0.3) is 0 Å². The molecule has 2 atom stereocenters. The van der Waals surface area contributed by atoms with Crippen LogP contribution in [-0.2, 0) is 4.79 Å². The zero-order valence-corrected chi connectivity index (χ0v) is 24.1. The minimum atomic E-state index is -0.578. The van der Waals surface area contributed by atoms with Gasteiger partial charge in [0.25, 0.3) is 0 Å². The summed E-state index contributed by atoms with van der Waals surface area (Å²) in [6, 6.07) is 0. The smallest absolute Gasteiger partial charge is 0.309 e. The molecule has 0 heterocycles. The van der Waals surface area contributed by atoms with Crippen molar-refractivity contribution in [3.8, 4) is 0 Å². The van der Waals surface area contributed by atoms with E-state index in [1.165, 1.54) is 141 Å². The molecule has 0 aliphatic rings. The van der Waals surface area contributed by atoms with E-state index < -0.39 is 11.4 Å². The summed E-state index contributed by atoms with van der Waals surface area (Å²) < 4.78 is 0. The summed E-state index contributed by atoms with van der Waals surface area (Å²) in [5.74, 6) is -0.304. The molecule has 34 heavy (non-hydrogen) atoms. The molecule has 0 bridgehead atoms. The topological polar surface area (TPSA) is 37.3 Å². The van der Waals surface area contributed by atoms with E-state index in [-0.39, 0.29) is 5.92 Å². The molecule has 0 aromatic heterocycles. The Kier molecular flexibility index (Phi) is 23.8. The van der Waals surface area contributed by atoms with Crippen molar-refractivity contribution >= 4 is 5.97 Å². The second-order valence-electron chi connectivity index (χ2n) is 11.6. The molecule has 204 valence electrons. The molecule has 2 unspecified atom stereocenters. The van der Waals surface area contributed by atoms with Crippen LogP contribution in [0.15, 0.2) is 0 Å². The minimum Gasteiger partial charge on any atom is -0.481 e. The quantitative estimate of drug-likeness (QED) is 0.119. The number of hydrogen-bond acceptors (Lipinski definition) is 1. The van der Waals surface area contributed by atoms with E-state index in [1.807, 2.05) is 6.92 Å². The molecule has 0 aromatic rings. The van der Waals surface area contributed by atoms with E-state index >= 15 is 0 Å². The number of hydrogen-bond donors (Lipinski definition) is 1. The SMILES string of the molecule is CCCCCCCCCCCCCCCC(C)C(C)(CCCCCCCCCCCC)C(=O)O. The predicted molar refractivity (Wildman–Crippen MR) is 152 cm³/mol. The first-order valence-corrected chi connectivity index (χ1v) is 15.7. The van der Waals surface area contributed by atoms with Gasteiger partial charge in [-0.05, 0) is 25.7 Å². The maximum atomic E-state index is 12.1. The summed E-state index contributed by atoms with van der Waals surface area (Å²) in [4.78, 5) is 12.1. The maximum Gasteiger partial charge on any atom is 0.309 e. The zero-order valence-electron chi connectivity index (χ0n) is 24.1. The van der Waals surface area contributed by atoms with Crippen molar-refractivity contribution in [2.45, 2.75) is 188 Å². The lowest BCUT2D eigenvalue weighted by atomic mass is 9.72. The standard InChI is InChI=1S/C32H64O2/c1-5-7-9-11-13-15-17-18-19-20-22-24-26-28-30(3)32(4,31(33)34)29-27-25-23-21-16-14-12-10-8-6-2/h30H,5-29H2,1-4H3,(H,33,34). The van der Waals surface area contributed by atoms with Crippen LogP contribution >= 0.6 is 0 Å². The van der Waals surface area contributed by atoms with Gasteiger partial charge in [0.05, 0.1) is 5.41 Å². The highest BCUT2D eigenvalue weighted by molar-refractivity contribution is 5.74. The molecule has 0 fully saturated rings. The summed E-state index contributed by atoms with van der Waals surface area (Å²) in [6.45, 7) is 8.75. The Hall–Kier alpha value is -0.530.